The first-order chi connectivity index (χ1) is 32.6. The summed E-state index contributed by atoms with van der Waals surface area (Å²) in [5.74, 6) is 9.38. The minimum Gasteiger partial charge on any atom is -0.481 e. The van der Waals surface area contributed by atoms with Crippen LogP contribution in [0, 0.1) is 47.4 Å². The average Bonchev–Trinajstić information content (AvgIpc) is 3.97. The van der Waals surface area contributed by atoms with E-state index in [0.717, 1.165) is 38.7 Å². The number of thiazole rings is 1. The zero-order valence-corrected chi connectivity index (χ0v) is 40.3. The van der Waals surface area contributed by atoms with Crippen LogP contribution >= 0.6 is 23.6 Å². The zero-order chi connectivity index (χ0) is 50.3. The van der Waals surface area contributed by atoms with Gasteiger partial charge in [0.15, 0.2) is 5.11 Å². The number of carbonyl (C=O) groups excluding carboxylic acids is 4. The lowest BCUT2D eigenvalue weighted by Crippen LogP contribution is -2.57. The van der Waals surface area contributed by atoms with E-state index in [2.05, 4.69) is 39.3 Å². The number of alkyl halides is 3. The molecule has 2 aliphatic rings. The minimum absolute atomic E-state index is 0.0102. The fourth-order valence-corrected chi connectivity index (χ4v) is 9.07. The molecule has 2 aliphatic heterocycles. The third-order valence-electron chi connectivity index (χ3n) is 11.4. The summed E-state index contributed by atoms with van der Waals surface area (Å²) in [4.78, 5) is 63.1. The van der Waals surface area contributed by atoms with E-state index in [9.17, 15) is 42.7 Å². The third-order valence-corrected chi connectivity index (χ3v) is 12.7. The standard InChI is InChI=1S/C50H50F3N7O7S2/c1-31-42(69-30-56-31)33-13-11-32(12-14-33)28-55-44(63)40-26-37(61)29-58(40)45(64)43(48(2,3)4)57-41(62)21-24-66-22-9-7-8-10-23-67-38-19-17-35(18-20-38)60-47(68)59(46(65)49(60,5)6)36-16-15-34(27-54)39(25-36)50(51,52)53/h11-20,25,30,37,40,43,61H,21-24,26,28-29H2,1-6H3,(H,55,63)(H,57,62)/t37-,40+,43-/m1/s1. The molecule has 19 heteroatoms. The van der Waals surface area contributed by atoms with Gasteiger partial charge in [0.25, 0.3) is 5.91 Å². The number of benzene rings is 3. The number of anilines is 2. The summed E-state index contributed by atoms with van der Waals surface area (Å²) < 4.78 is 52.3. The molecule has 0 aliphatic carbocycles. The van der Waals surface area contributed by atoms with E-state index >= 15 is 0 Å². The number of halogens is 3. The summed E-state index contributed by atoms with van der Waals surface area (Å²) in [7, 11) is 0. The van der Waals surface area contributed by atoms with Crippen LogP contribution < -0.4 is 25.2 Å². The van der Waals surface area contributed by atoms with Gasteiger partial charge in [0.2, 0.25) is 17.7 Å². The SMILES string of the molecule is Cc1ncsc1-c1ccc(CNC(=O)[C@@H]2C[C@@H](O)CN2C(=O)[C@@H](NC(=O)CCOCC#CC#CCOc2ccc(N3C(=S)N(c4ccc(C#N)c(C(F)(F)F)c4)C(=O)C3(C)C)cc2)C(C)(C)C)cc1. The first kappa shape index (κ1) is 51.6. The van der Waals surface area contributed by atoms with Crippen molar-refractivity contribution in [2.45, 2.75) is 90.8 Å². The molecule has 3 atom stereocenters. The number of aromatic nitrogens is 1. The van der Waals surface area contributed by atoms with Crippen molar-refractivity contribution in [3.63, 3.8) is 0 Å². The second-order valence-electron chi connectivity index (χ2n) is 17.8. The van der Waals surface area contributed by atoms with Crippen LogP contribution in [-0.4, -0.2) is 93.8 Å². The summed E-state index contributed by atoms with van der Waals surface area (Å²) >= 11 is 7.15. The Morgan fingerprint density at radius 1 is 1.01 bits per heavy atom. The van der Waals surface area contributed by atoms with Gasteiger partial charge >= 0.3 is 6.18 Å². The van der Waals surface area contributed by atoms with Crippen LogP contribution in [0.2, 0.25) is 0 Å². The van der Waals surface area contributed by atoms with Gasteiger partial charge in [0.05, 0.1) is 58.1 Å². The molecule has 3 N–H and O–H groups in total. The monoisotopic (exact) mass is 981 g/mol. The third kappa shape index (κ3) is 12.3. The quantitative estimate of drug-likeness (QED) is 0.0712. The molecule has 0 spiro atoms. The molecule has 0 unspecified atom stereocenters. The number of aliphatic hydroxyl groups excluding tert-OH is 1. The fraction of sp³-hybridized carbons (Fsp3) is 0.380. The van der Waals surface area contributed by atoms with Gasteiger partial charge in [-0.15, -0.1) is 11.3 Å². The van der Waals surface area contributed by atoms with Gasteiger partial charge in [-0.2, -0.15) is 18.4 Å². The van der Waals surface area contributed by atoms with Crippen molar-refractivity contribution in [1.29, 1.82) is 5.26 Å². The average molecular weight is 982 g/mol. The van der Waals surface area contributed by atoms with Gasteiger partial charge in [-0.1, -0.05) is 51.0 Å². The van der Waals surface area contributed by atoms with Gasteiger partial charge in [0, 0.05) is 25.2 Å². The number of aryl methyl sites for hydroxylation is 1. The largest absolute Gasteiger partial charge is 0.481 e. The molecule has 2 fully saturated rings. The Hall–Kier alpha value is -6.82. The number of nitriles is 1. The maximum Gasteiger partial charge on any atom is 0.417 e. The molecule has 14 nitrogen and oxygen atoms in total. The number of carbonyl (C=O) groups is 4. The highest BCUT2D eigenvalue weighted by Gasteiger charge is 2.51. The number of hydrogen-bond donors (Lipinski definition) is 3. The second kappa shape index (κ2) is 21.6. The lowest BCUT2D eigenvalue weighted by atomic mass is 9.85. The van der Waals surface area contributed by atoms with Crippen LogP contribution in [0.1, 0.15) is 69.8 Å². The van der Waals surface area contributed by atoms with E-state index in [0.29, 0.717) is 11.4 Å². The summed E-state index contributed by atoms with van der Waals surface area (Å²) in [5, 5.41) is 25.4. The van der Waals surface area contributed by atoms with Crippen LogP contribution in [-0.2, 0) is 36.6 Å². The Balaban J connectivity index is 0.932. The first-order valence-corrected chi connectivity index (χ1v) is 23.0. The first-order valence-electron chi connectivity index (χ1n) is 21.7. The smallest absolute Gasteiger partial charge is 0.417 e. The number of nitrogens with zero attached hydrogens (tertiary/aromatic N) is 5. The Morgan fingerprint density at radius 3 is 2.30 bits per heavy atom. The van der Waals surface area contributed by atoms with Gasteiger partial charge in [-0.05, 0) is 110 Å². The summed E-state index contributed by atoms with van der Waals surface area (Å²) in [5.41, 5.74) is 1.29. The highest BCUT2D eigenvalue weighted by molar-refractivity contribution is 7.81. The number of ether oxygens (including phenoxy) is 2. The number of likely N-dealkylation sites (tertiary alicyclic amines) is 1. The van der Waals surface area contributed by atoms with E-state index in [1.165, 1.54) is 21.9 Å². The van der Waals surface area contributed by atoms with Gasteiger partial charge in [-0.3, -0.25) is 24.1 Å². The number of thiocarbonyl (C=S) groups is 1. The van der Waals surface area contributed by atoms with Crippen molar-refractivity contribution in [2.75, 3.05) is 36.2 Å². The summed E-state index contributed by atoms with van der Waals surface area (Å²) in [6.07, 6.45) is -5.72. The van der Waals surface area contributed by atoms with E-state index in [1.807, 2.05) is 31.2 Å². The predicted octanol–water partition coefficient (Wildman–Crippen LogP) is 6.53. The number of amides is 4. The Labute approximate surface area is 407 Å². The minimum atomic E-state index is -4.82. The van der Waals surface area contributed by atoms with Crippen molar-refractivity contribution in [3.8, 4) is 45.9 Å². The fourth-order valence-electron chi connectivity index (χ4n) is 7.73. The van der Waals surface area contributed by atoms with Crippen molar-refractivity contribution in [2.24, 2.45) is 5.41 Å². The van der Waals surface area contributed by atoms with Crippen LogP contribution in [0.5, 0.6) is 5.75 Å². The zero-order valence-electron chi connectivity index (χ0n) is 38.7. The molecule has 1 aromatic heterocycles. The summed E-state index contributed by atoms with van der Waals surface area (Å²) in [6.45, 7) is 10.7. The topological polar surface area (TPSA) is 177 Å². The number of nitrogens with one attached hydrogen (secondary N) is 2. The van der Waals surface area contributed by atoms with Crippen molar-refractivity contribution in [1.82, 2.24) is 20.5 Å². The van der Waals surface area contributed by atoms with Crippen LogP contribution in [0.4, 0.5) is 24.5 Å². The molecule has 4 aromatic rings. The van der Waals surface area contributed by atoms with Crippen molar-refractivity contribution in [3.05, 3.63) is 94.6 Å². The van der Waals surface area contributed by atoms with Crippen LogP contribution in [0.15, 0.2) is 72.2 Å². The van der Waals surface area contributed by atoms with Crippen LogP contribution in [0.3, 0.4) is 0 Å². The van der Waals surface area contributed by atoms with E-state index in [-0.39, 0.29) is 56.6 Å². The molecular weight excluding hydrogens is 932 g/mol. The lowest BCUT2D eigenvalue weighted by molar-refractivity contribution is -0.144. The molecule has 0 saturated carbocycles. The van der Waals surface area contributed by atoms with Gasteiger partial charge < -0.3 is 35.0 Å². The predicted molar refractivity (Wildman–Crippen MR) is 257 cm³/mol. The molecule has 69 heavy (non-hydrogen) atoms. The molecule has 360 valence electrons. The van der Waals surface area contributed by atoms with Gasteiger partial charge in [-0.25, -0.2) is 4.98 Å². The number of rotatable bonds is 14. The van der Waals surface area contributed by atoms with Crippen LogP contribution in [0.25, 0.3) is 10.4 Å². The number of hydrogen-bond acceptors (Lipinski definition) is 11. The summed E-state index contributed by atoms with van der Waals surface area (Å²) in [6, 6.07) is 17.0. The van der Waals surface area contributed by atoms with Crippen molar-refractivity contribution >= 4 is 63.7 Å². The van der Waals surface area contributed by atoms with E-state index in [4.69, 9.17) is 21.7 Å². The van der Waals surface area contributed by atoms with Gasteiger partial charge in [0.1, 0.15) is 36.6 Å². The maximum absolute atomic E-state index is 13.9. The highest BCUT2D eigenvalue weighted by Crippen LogP contribution is 2.40. The normalized spacial score (nSPS) is 17.0. The maximum atomic E-state index is 13.9. The van der Waals surface area contributed by atoms with Crippen molar-refractivity contribution < 1.29 is 46.9 Å². The molecule has 3 aromatic carbocycles. The molecule has 0 bridgehead atoms. The second-order valence-corrected chi connectivity index (χ2v) is 19.0. The number of aliphatic hydroxyl groups is 1. The Kier molecular flexibility index (Phi) is 16.2. The number of β-amino-alcohol motifs (C(OH)–C–C–N with tert-alkyl or cyclic N) is 1. The molecule has 4 amide bonds. The Bertz CT molecular complexity index is 2760. The highest BCUT2D eigenvalue weighted by atomic mass is 32.1. The Morgan fingerprint density at radius 2 is 1.68 bits per heavy atom. The molecule has 0 radical (unpaired) electrons. The molecular formula is C50H50F3N7O7S2. The molecule has 3 heterocycles. The van der Waals surface area contributed by atoms with E-state index < -0.39 is 70.1 Å². The molecule has 2 saturated heterocycles. The lowest BCUT2D eigenvalue weighted by Gasteiger charge is -2.35. The van der Waals surface area contributed by atoms with E-state index in [1.54, 1.807) is 75.7 Å². The molecule has 6 rings (SSSR count).